The van der Waals surface area contributed by atoms with Crippen molar-refractivity contribution in [1.29, 1.82) is 0 Å². The van der Waals surface area contributed by atoms with E-state index in [9.17, 15) is 4.79 Å². The fraction of sp³-hybridized carbons (Fsp3) is 0.231. The quantitative estimate of drug-likeness (QED) is 0.720. The Kier molecular flexibility index (Phi) is 2.60. The smallest absolute Gasteiger partial charge is 0.152 e. The zero-order chi connectivity index (χ0) is 11.7. The Hall–Kier alpha value is -1.90. The van der Waals surface area contributed by atoms with Gasteiger partial charge in [-0.25, -0.2) is 4.98 Å². The van der Waals surface area contributed by atoms with Gasteiger partial charge in [0.1, 0.15) is 0 Å². The van der Waals surface area contributed by atoms with Crippen LogP contribution in [0.1, 0.15) is 27.3 Å². The molecule has 0 fully saturated rings. The average molecular weight is 214 g/mol. The number of carbonyl (C=O) groups is 1. The highest BCUT2D eigenvalue weighted by molar-refractivity contribution is 5.81. The van der Waals surface area contributed by atoms with Crippen molar-refractivity contribution >= 4 is 6.29 Å². The van der Waals surface area contributed by atoms with Crippen molar-refractivity contribution in [1.82, 2.24) is 9.55 Å². The summed E-state index contributed by atoms with van der Waals surface area (Å²) >= 11 is 0. The third-order valence-electron chi connectivity index (χ3n) is 2.82. The van der Waals surface area contributed by atoms with E-state index in [0.717, 1.165) is 28.9 Å². The predicted octanol–water partition coefficient (Wildman–Crippen LogP) is 2.61. The minimum atomic E-state index is 0.686. The maximum absolute atomic E-state index is 11.0. The van der Waals surface area contributed by atoms with Gasteiger partial charge in [0.15, 0.2) is 6.29 Å². The Morgan fingerprint density at radius 3 is 2.56 bits per heavy atom. The van der Waals surface area contributed by atoms with Crippen molar-refractivity contribution in [3.8, 4) is 5.69 Å². The van der Waals surface area contributed by atoms with Crippen LogP contribution in [0.2, 0.25) is 0 Å². The molecule has 0 N–H and O–H groups in total. The Balaban J connectivity index is 2.67. The molecule has 1 aromatic heterocycles. The van der Waals surface area contributed by atoms with Gasteiger partial charge < -0.3 is 4.57 Å². The second-order valence-corrected chi connectivity index (χ2v) is 3.97. The van der Waals surface area contributed by atoms with Crippen molar-refractivity contribution in [3.05, 3.63) is 47.0 Å². The normalized spacial score (nSPS) is 10.4. The van der Waals surface area contributed by atoms with Crippen LogP contribution in [-0.4, -0.2) is 15.8 Å². The van der Waals surface area contributed by atoms with Crippen LogP contribution in [0.5, 0.6) is 0 Å². The highest BCUT2D eigenvalue weighted by Crippen LogP contribution is 2.18. The number of aromatic nitrogens is 2. The maximum atomic E-state index is 11.0. The van der Waals surface area contributed by atoms with Gasteiger partial charge in [-0.3, -0.25) is 4.79 Å². The van der Waals surface area contributed by atoms with E-state index in [1.807, 2.05) is 43.5 Å². The number of nitrogens with zero attached hydrogens (tertiary/aromatic N) is 2. The minimum absolute atomic E-state index is 0.686. The zero-order valence-electron chi connectivity index (χ0n) is 9.69. The Morgan fingerprint density at radius 1 is 1.25 bits per heavy atom. The molecule has 0 radical (unpaired) electrons. The molecule has 0 amide bonds. The number of aryl methyl sites for hydroxylation is 2. The summed E-state index contributed by atoms with van der Waals surface area (Å²) in [6, 6.07) is 5.77. The molecule has 0 bridgehead atoms. The molecule has 0 saturated heterocycles. The molecule has 1 aromatic carbocycles. The maximum Gasteiger partial charge on any atom is 0.152 e. The first-order valence-electron chi connectivity index (χ1n) is 5.20. The lowest BCUT2D eigenvalue weighted by atomic mass is 10.1. The summed E-state index contributed by atoms with van der Waals surface area (Å²) in [5, 5.41) is 0. The van der Waals surface area contributed by atoms with Crippen molar-refractivity contribution < 1.29 is 4.79 Å². The van der Waals surface area contributed by atoms with Crippen LogP contribution in [-0.2, 0) is 0 Å². The van der Waals surface area contributed by atoms with Gasteiger partial charge in [0.05, 0.1) is 17.7 Å². The summed E-state index contributed by atoms with van der Waals surface area (Å²) < 4.78 is 1.95. The van der Waals surface area contributed by atoms with E-state index >= 15 is 0 Å². The van der Waals surface area contributed by atoms with Gasteiger partial charge in [0.2, 0.25) is 0 Å². The van der Waals surface area contributed by atoms with Crippen molar-refractivity contribution in [3.63, 3.8) is 0 Å². The summed E-state index contributed by atoms with van der Waals surface area (Å²) in [6.07, 6.45) is 2.63. The molecule has 0 atom stereocenters. The molecule has 82 valence electrons. The summed E-state index contributed by atoms with van der Waals surface area (Å²) in [6.45, 7) is 5.97. The molecule has 2 rings (SSSR count). The summed E-state index contributed by atoms with van der Waals surface area (Å²) in [5.41, 5.74) is 4.76. The number of aldehydes is 1. The lowest BCUT2D eigenvalue weighted by Gasteiger charge is -2.09. The van der Waals surface area contributed by atoms with Gasteiger partial charge in [0.25, 0.3) is 0 Å². The molecule has 0 unspecified atom stereocenters. The number of rotatable bonds is 2. The van der Waals surface area contributed by atoms with E-state index in [4.69, 9.17) is 0 Å². The molecule has 16 heavy (non-hydrogen) atoms. The number of imidazole rings is 1. The van der Waals surface area contributed by atoms with Crippen LogP contribution in [0.4, 0.5) is 0 Å². The van der Waals surface area contributed by atoms with E-state index in [2.05, 4.69) is 4.98 Å². The third-order valence-corrected chi connectivity index (χ3v) is 2.82. The second kappa shape index (κ2) is 3.93. The minimum Gasteiger partial charge on any atom is -0.303 e. The second-order valence-electron chi connectivity index (χ2n) is 3.97. The van der Waals surface area contributed by atoms with Gasteiger partial charge >= 0.3 is 0 Å². The lowest BCUT2D eigenvalue weighted by molar-refractivity contribution is 0.112. The van der Waals surface area contributed by atoms with Crippen LogP contribution >= 0.6 is 0 Å². The average Bonchev–Trinajstić information content (AvgIpc) is 2.60. The molecule has 0 aliphatic carbocycles. The van der Waals surface area contributed by atoms with E-state index in [1.165, 1.54) is 0 Å². The standard InChI is InChI=1S/C13H14N2O/c1-9-4-5-12(7-16)13(6-9)15-8-14-10(2)11(15)3/h4-8H,1-3H3. The first-order valence-corrected chi connectivity index (χ1v) is 5.20. The molecule has 0 aliphatic rings. The van der Waals surface area contributed by atoms with Gasteiger partial charge in [-0.05, 0) is 38.5 Å². The zero-order valence-corrected chi connectivity index (χ0v) is 9.69. The fourth-order valence-corrected chi connectivity index (χ4v) is 1.70. The van der Waals surface area contributed by atoms with Crippen molar-refractivity contribution in [2.45, 2.75) is 20.8 Å². The molecular weight excluding hydrogens is 200 g/mol. The fourth-order valence-electron chi connectivity index (χ4n) is 1.70. The van der Waals surface area contributed by atoms with Crippen molar-refractivity contribution in [2.24, 2.45) is 0 Å². The van der Waals surface area contributed by atoms with Gasteiger partial charge in [-0.1, -0.05) is 6.07 Å². The van der Waals surface area contributed by atoms with E-state index in [0.29, 0.717) is 5.56 Å². The molecule has 0 aliphatic heterocycles. The van der Waals surface area contributed by atoms with Crippen LogP contribution in [0.3, 0.4) is 0 Å². The summed E-state index contributed by atoms with van der Waals surface area (Å²) in [5.74, 6) is 0. The largest absolute Gasteiger partial charge is 0.303 e. The molecule has 3 heteroatoms. The predicted molar refractivity (Wildman–Crippen MR) is 63.2 cm³/mol. The molecule has 0 spiro atoms. The third kappa shape index (κ3) is 1.65. The first-order chi connectivity index (χ1) is 7.63. The number of hydrogen-bond donors (Lipinski definition) is 0. The number of carbonyl (C=O) groups excluding carboxylic acids is 1. The molecule has 1 heterocycles. The summed E-state index contributed by atoms with van der Waals surface area (Å²) in [7, 11) is 0. The van der Waals surface area contributed by atoms with Crippen molar-refractivity contribution in [2.75, 3.05) is 0 Å². The number of hydrogen-bond acceptors (Lipinski definition) is 2. The van der Waals surface area contributed by atoms with Crippen LogP contribution in [0.25, 0.3) is 5.69 Å². The van der Waals surface area contributed by atoms with E-state index < -0.39 is 0 Å². The Morgan fingerprint density at radius 2 is 2.00 bits per heavy atom. The topological polar surface area (TPSA) is 34.9 Å². The van der Waals surface area contributed by atoms with Gasteiger partial charge in [0, 0.05) is 11.3 Å². The molecular formula is C13H14N2O. The van der Waals surface area contributed by atoms with Crippen LogP contribution in [0.15, 0.2) is 24.5 Å². The van der Waals surface area contributed by atoms with Crippen LogP contribution < -0.4 is 0 Å². The molecule has 3 nitrogen and oxygen atoms in total. The van der Waals surface area contributed by atoms with E-state index in [1.54, 1.807) is 6.33 Å². The van der Waals surface area contributed by atoms with Crippen LogP contribution in [0, 0.1) is 20.8 Å². The lowest BCUT2D eigenvalue weighted by Crippen LogP contribution is -2.00. The summed E-state index contributed by atoms with van der Waals surface area (Å²) in [4.78, 5) is 15.2. The Bertz CT molecular complexity index is 541. The van der Waals surface area contributed by atoms with Gasteiger partial charge in [-0.2, -0.15) is 0 Å². The first kappa shape index (κ1) is 10.6. The monoisotopic (exact) mass is 214 g/mol. The number of benzene rings is 1. The van der Waals surface area contributed by atoms with Gasteiger partial charge in [-0.15, -0.1) is 0 Å². The molecule has 2 aromatic rings. The van der Waals surface area contributed by atoms with E-state index in [-0.39, 0.29) is 0 Å². The highest BCUT2D eigenvalue weighted by atomic mass is 16.1. The highest BCUT2D eigenvalue weighted by Gasteiger charge is 2.08. The molecule has 0 saturated carbocycles. The Labute approximate surface area is 94.7 Å². The SMILES string of the molecule is Cc1ccc(C=O)c(-n2cnc(C)c2C)c1.